The summed E-state index contributed by atoms with van der Waals surface area (Å²) in [5.74, 6) is -0.909. The normalized spacial score (nSPS) is 30.5. The second-order valence-corrected chi connectivity index (χ2v) is 4.00. The van der Waals surface area contributed by atoms with E-state index in [0.717, 1.165) is 0 Å². The van der Waals surface area contributed by atoms with E-state index in [2.05, 4.69) is 5.32 Å². The van der Waals surface area contributed by atoms with Crippen molar-refractivity contribution in [2.45, 2.75) is 37.8 Å². The molecular formula is C8H17BN2O4. The molecule has 7 heteroatoms. The second kappa shape index (κ2) is 5.46. The van der Waals surface area contributed by atoms with Gasteiger partial charge in [0.1, 0.15) is 6.04 Å². The molecule has 1 saturated heterocycles. The number of carboxylic acids is 1. The van der Waals surface area contributed by atoms with Crippen LogP contribution in [0.5, 0.6) is 0 Å². The first-order valence-electron chi connectivity index (χ1n) is 5.11. The molecule has 0 spiro atoms. The maximum Gasteiger partial charge on any atom is 0.451 e. The van der Waals surface area contributed by atoms with E-state index in [4.69, 9.17) is 20.9 Å². The van der Waals surface area contributed by atoms with E-state index in [0.29, 0.717) is 19.3 Å². The summed E-state index contributed by atoms with van der Waals surface area (Å²) >= 11 is 0. The molecule has 3 atom stereocenters. The molecule has 0 aliphatic carbocycles. The van der Waals surface area contributed by atoms with Crippen LogP contribution in [0, 0.1) is 5.92 Å². The summed E-state index contributed by atoms with van der Waals surface area (Å²) in [6.45, 7) is 0. The van der Waals surface area contributed by atoms with Gasteiger partial charge in [0.25, 0.3) is 0 Å². The van der Waals surface area contributed by atoms with E-state index in [1.165, 1.54) is 0 Å². The molecule has 1 rings (SSSR count). The van der Waals surface area contributed by atoms with Crippen LogP contribution < -0.4 is 11.1 Å². The Hall–Kier alpha value is -0.625. The summed E-state index contributed by atoms with van der Waals surface area (Å²) in [7, 11) is -1.31. The molecule has 0 unspecified atom stereocenters. The highest BCUT2D eigenvalue weighted by Gasteiger charge is 2.36. The van der Waals surface area contributed by atoms with Gasteiger partial charge in [-0.1, -0.05) is 6.42 Å². The van der Waals surface area contributed by atoms with Crippen LogP contribution in [0.1, 0.15) is 19.3 Å². The standard InChI is InChI=1S/C8H17BN2O4/c10-6-4-5(2-1-3-9(14)15)7(11-6)8(12)13/h5-7,11,14-15H,1-4,10H2,(H,12,13)/t5-,6+,7+/m1/s1. The van der Waals surface area contributed by atoms with Crippen LogP contribution in [-0.2, 0) is 4.79 Å². The maximum atomic E-state index is 10.8. The van der Waals surface area contributed by atoms with Crippen molar-refractivity contribution in [2.24, 2.45) is 11.7 Å². The van der Waals surface area contributed by atoms with Crippen molar-refractivity contribution in [1.29, 1.82) is 0 Å². The number of nitrogens with one attached hydrogen (secondary N) is 1. The Morgan fingerprint density at radius 1 is 1.53 bits per heavy atom. The van der Waals surface area contributed by atoms with E-state index < -0.39 is 19.1 Å². The predicted molar refractivity (Wildman–Crippen MR) is 54.9 cm³/mol. The molecular weight excluding hydrogens is 199 g/mol. The van der Waals surface area contributed by atoms with Gasteiger partial charge in [0.05, 0.1) is 6.17 Å². The van der Waals surface area contributed by atoms with Gasteiger partial charge in [0, 0.05) is 0 Å². The summed E-state index contributed by atoms with van der Waals surface area (Å²) in [5, 5.41) is 29.0. The number of hydrogen-bond acceptors (Lipinski definition) is 5. The van der Waals surface area contributed by atoms with E-state index in [9.17, 15) is 4.79 Å². The monoisotopic (exact) mass is 216 g/mol. The van der Waals surface area contributed by atoms with E-state index >= 15 is 0 Å². The van der Waals surface area contributed by atoms with Crippen molar-refractivity contribution < 1.29 is 19.9 Å². The minimum Gasteiger partial charge on any atom is -0.480 e. The lowest BCUT2D eigenvalue weighted by molar-refractivity contribution is -0.140. The van der Waals surface area contributed by atoms with Crippen LogP contribution in [-0.4, -0.2) is 40.4 Å². The molecule has 0 amide bonds. The minimum atomic E-state index is -1.31. The summed E-state index contributed by atoms with van der Waals surface area (Å²) in [6.07, 6.45) is 1.88. The molecule has 0 aromatic carbocycles. The first-order valence-corrected chi connectivity index (χ1v) is 5.11. The lowest BCUT2D eigenvalue weighted by atomic mass is 9.81. The Morgan fingerprint density at radius 3 is 2.73 bits per heavy atom. The maximum absolute atomic E-state index is 10.8. The quantitative estimate of drug-likeness (QED) is 0.360. The van der Waals surface area contributed by atoms with E-state index in [-0.39, 0.29) is 18.4 Å². The number of carboxylic acid groups (broad SMARTS) is 1. The summed E-state index contributed by atoms with van der Waals surface area (Å²) < 4.78 is 0. The zero-order valence-electron chi connectivity index (χ0n) is 8.47. The van der Waals surface area contributed by atoms with Crippen molar-refractivity contribution in [3.05, 3.63) is 0 Å². The summed E-state index contributed by atoms with van der Waals surface area (Å²) in [6, 6.07) is -0.601. The molecule has 0 saturated carbocycles. The molecule has 15 heavy (non-hydrogen) atoms. The van der Waals surface area contributed by atoms with Gasteiger partial charge in [-0.2, -0.15) is 0 Å². The van der Waals surface area contributed by atoms with Gasteiger partial charge in [-0.3, -0.25) is 10.1 Å². The highest BCUT2D eigenvalue weighted by molar-refractivity contribution is 6.40. The van der Waals surface area contributed by atoms with Crippen LogP contribution in [0.4, 0.5) is 0 Å². The molecule has 1 heterocycles. The third kappa shape index (κ3) is 3.79. The number of rotatable bonds is 5. The van der Waals surface area contributed by atoms with Gasteiger partial charge in [0.2, 0.25) is 0 Å². The molecule has 1 aliphatic rings. The Labute approximate surface area is 88.6 Å². The average molecular weight is 216 g/mol. The SMILES string of the molecule is N[C@@H]1C[C@@H](CCCB(O)O)[C@@H](C(=O)O)N1. The molecule has 6 nitrogen and oxygen atoms in total. The van der Waals surface area contributed by atoms with Crippen molar-refractivity contribution in [3.8, 4) is 0 Å². The zero-order valence-corrected chi connectivity index (χ0v) is 8.47. The molecule has 86 valence electrons. The fourth-order valence-electron chi connectivity index (χ4n) is 2.02. The summed E-state index contributed by atoms with van der Waals surface area (Å²) in [4.78, 5) is 10.8. The van der Waals surface area contributed by atoms with Gasteiger partial charge < -0.3 is 20.9 Å². The minimum absolute atomic E-state index is 0.0174. The van der Waals surface area contributed by atoms with Crippen molar-refractivity contribution >= 4 is 13.1 Å². The lowest BCUT2D eigenvalue weighted by Gasteiger charge is -2.14. The number of nitrogens with two attached hydrogens (primary N) is 1. The van der Waals surface area contributed by atoms with Crippen molar-refractivity contribution in [3.63, 3.8) is 0 Å². The third-order valence-corrected chi connectivity index (χ3v) is 2.73. The molecule has 1 fully saturated rings. The van der Waals surface area contributed by atoms with Crippen molar-refractivity contribution in [2.75, 3.05) is 0 Å². The van der Waals surface area contributed by atoms with Gasteiger partial charge in [0.15, 0.2) is 0 Å². The molecule has 0 aromatic heterocycles. The Balaban J connectivity index is 2.35. The van der Waals surface area contributed by atoms with Crippen LogP contribution in [0.25, 0.3) is 0 Å². The highest BCUT2D eigenvalue weighted by atomic mass is 16.4. The lowest BCUT2D eigenvalue weighted by Crippen LogP contribution is -2.41. The predicted octanol–water partition coefficient (Wildman–Crippen LogP) is -1.41. The van der Waals surface area contributed by atoms with Crippen LogP contribution in [0.15, 0.2) is 0 Å². The smallest absolute Gasteiger partial charge is 0.451 e. The topological polar surface area (TPSA) is 116 Å². The first-order chi connectivity index (χ1) is 7.00. The molecule has 0 radical (unpaired) electrons. The summed E-state index contributed by atoms with van der Waals surface area (Å²) in [5.41, 5.74) is 5.61. The van der Waals surface area contributed by atoms with Crippen LogP contribution >= 0.6 is 0 Å². The van der Waals surface area contributed by atoms with Crippen LogP contribution in [0.3, 0.4) is 0 Å². The molecule has 1 aliphatic heterocycles. The highest BCUT2D eigenvalue weighted by Crippen LogP contribution is 2.24. The van der Waals surface area contributed by atoms with Gasteiger partial charge in [-0.15, -0.1) is 0 Å². The van der Waals surface area contributed by atoms with Gasteiger partial charge in [-0.05, 0) is 25.1 Å². The number of aliphatic carboxylic acids is 1. The molecule has 6 N–H and O–H groups in total. The second-order valence-electron chi connectivity index (χ2n) is 4.00. The van der Waals surface area contributed by atoms with Crippen LogP contribution in [0.2, 0.25) is 6.32 Å². The zero-order chi connectivity index (χ0) is 11.4. The Bertz CT molecular complexity index is 227. The number of carbonyl (C=O) groups is 1. The molecule has 0 bridgehead atoms. The Kier molecular flexibility index (Phi) is 4.53. The van der Waals surface area contributed by atoms with Crippen molar-refractivity contribution in [1.82, 2.24) is 5.32 Å². The fraction of sp³-hybridized carbons (Fsp3) is 0.875. The van der Waals surface area contributed by atoms with E-state index in [1.807, 2.05) is 0 Å². The fourth-order valence-corrected chi connectivity index (χ4v) is 2.02. The first kappa shape index (κ1) is 12.4. The average Bonchev–Trinajstić information content (AvgIpc) is 2.46. The third-order valence-electron chi connectivity index (χ3n) is 2.73. The van der Waals surface area contributed by atoms with Gasteiger partial charge >= 0.3 is 13.1 Å². The van der Waals surface area contributed by atoms with E-state index in [1.54, 1.807) is 0 Å². The molecule has 0 aromatic rings. The number of hydrogen-bond donors (Lipinski definition) is 5. The Morgan fingerprint density at radius 2 is 2.20 bits per heavy atom. The van der Waals surface area contributed by atoms with Gasteiger partial charge in [-0.25, -0.2) is 0 Å². The largest absolute Gasteiger partial charge is 0.480 e.